The Morgan fingerprint density at radius 2 is 1.70 bits per heavy atom. The predicted molar refractivity (Wildman–Crippen MR) is 88.6 cm³/mol. The molecular formula is C18H32NO+. The third-order valence-electron chi connectivity index (χ3n) is 3.38. The van der Waals surface area contributed by atoms with Gasteiger partial charge in [0.15, 0.2) is 0 Å². The summed E-state index contributed by atoms with van der Waals surface area (Å²) in [5.41, 5.74) is 0.857. The standard InChI is InChI=1S/C18H32NO/c1-9-10-11-12-15(2)19(20)14-16(18(6,7)8)13-17(3,4)5/h9-12,16H,2,13-14H2,1,3-8H3/q+1. The molecule has 0 rings (SSSR count). The van der Waals surface area contributed by atoms with Crippen LogP contribution < -0.4 is 0 Å². The van der Waals surface area contributed by atoms with Crippen LogP contribution in [0.4, 0.5) is 0 Å². The molecule has 0 N–H and O–H groups in total. The molecular weight excluding hydrogens is 246 g/mol. The van der Waals surface area contributed by atoms with Gasteiger partial charge in [-0.2, -0.15) is 0 Å². The van der Waals surface area contributed by atoms with E-state index in [2.05, 4.69) is 48.1 Å². The minimum atomic E-state index is 0.114. The molecule has 0 fully saturated rings. The summed E-state index contributed by atoms with van der Waals surface area (Å²) in [7, 11) is 0. The van der Waals surface area contributed by atoms with Gasteiger partial charge in [0.25, 0.3) is 0 Å². The molecule has 0 aliphatic heterocycles. The monoisotopic (exact) mass is 278 g/mol. The molecule has 0 saturated heterocycles. The third kappa shape index (κ3) is 8.08. The van der Waals surface area contributed by atoms with Gasteiger partial charge in [-0.3, -0.25) is 0 Å². The SMILES string of the molecule is C=C(C=CC=CC)[N+](=O)CC(CC(C)(C)C)C(C)(C)C. The number of hydrogen-bond donors (Lipinski definition) is 0. The van der Waals surface area contributed by atoms with E-state index in [1.807, 2.05) is 25.2 Å². The summed E-state index contributed by atoms with van der Waals surface area (Å²) < 4.78 is 1.03. The molecule has 0 saturated carbocycles. The number of nitroso groups, excluding NO2 is 1. The molecule has 0 spiro atoms. The van der Waals surface area contributed by atoms with Crippen LogP contribution in [-0.4, -0.2) is 11.3 Å². The van der Waals surface area contributed by atoms with Crippen LogP contribution in [0.15, 0.2) is 36.6 Å². The van der Waals surface area contributed by atoms with Crippen molar-refractivity contribution in [2.45, 2.75) is 54.9 Å². The fraction of sp³-hybridized carbons (Fsp3) is 0.667. The van der Waals surface area contributed by atoms with Gasteiger partial charge in [0.2, 0.25) is 12.2 Å². The molecule has 0 aromatic carbocycles. The van der Waals surface area contributed by atoms with Crippen molar-refractivity contribution < 1.29 is 4.76 Å². The van der Waals surface area contributed by atoms with Gasteiger partial charge < -0.3 is 0 Å². The van der Waals surface area contributed by atoms with Crippen molar-refractivity contribution in [2.24, 2.45) is 16.7 Å². The van der Waals surface area contributed by atoms with Crippen LogP contribution >= 0.6 is 0 Å². The van der Waals surface area contributed by atoms with E-state index in [-0.39, 0.29) is 10.8 Å². The van der Waals surface area contributed by atoms with Gasteiger partial charge in [0.05, 0.1) is 0 Å². The second kappa shape index (κ2) is 7.56. The van der Waals surface area contributed by atoms with Crippen molar-refractivity contribution in [1.82, 2.24) is 0 Å². The van der Waals surface area contributed by atoms with Crippen LogP contribution in [0.1, 0.15) is 54.9 Å². The lowest BCUT2D eigenvalue weighted by atomic mass is 9.72. The van der Waals surface area contributed by atoms with Crippen LogP contribution in [0.5, 0.6) is 0 Å². The summed E-state index contributed by atoms with van der Waals surface area (Å²) >= 11 is 0. The van der Waals surface area contributed by atoms with E-state index in [1.54, 1.807) is 6.08 Å². The summed E-state index contributed by atoms with van der Waals surface area (Å²) in [5.74, 6) is 0.340. The van der Waals surface area contributed by atoms with E-state index < -0.39 is 0 Å². The molecule has 0 aromatic heterocycles. The average molecular weight is 278 g/mol. The van der Waals surface area contributed by atoms with Crippen LogP contribution in [0.25, 0.3) is 0 Å². The second-order valence-corrected chi connectivity index (χ2v) is 7.77. The Balaban J connectivity index is 4.83. The number of rotatable bonds is 6. The molecule has 1 unspecified atom stereocenters. The fourth-order valence-electron chi connectivity index (χ4n) is 2.06. The maximum absolute atomic E-state index is 12.2. The Kier molecular flexibility index (Phi) is 7.12. The summed E-state index contributed by atoms with van der Waals surface area (Å²) in [6.07, 6.45) is 8.47. The quantitative estimate of drug-likeness (QED) is 0.463. The van der Waals surface area contributed by atoms with Crippen LogP contribution in [-0.2, 0) is 0 Å². The van der Waals surface area contributed by atoms with E-state index in [9.17, 15) is 4.91 Å². The van der Waals surface area contributed by atoms with Gasteiger partial charge >= 0.3 is 0 Å². The Morgan fingerprint density at radius 3 is 2.10 bits per heavy atom. The van der Waals surface area contributed by atoms with Gasteiger partial charge in [-0.1, -0.05) is 59.8 Å². The van der Waals surface area contributed by atoms with E-state index in [1.165, 1.54) is 0 Å². The summed E-state index contributed by atoms with van der Waals surface area (Å²) in [5, 5.41) is 0. The van der Waals surface area contributed by atoms with Crippen LogP contribution in [0.3, 0.4) is 0 Å². The fourth-order valence-corrected chi connectivity index (χ4v) is 2.06. The Morgan fingerprint density at radius 1 is 1.15 bits per heavy atom. The van der Waals surface area contributed by atoms with Crippen molar-refractivity contribution in [3.05, 3.63) is 41.5 Å². The molecule has 0 aromatic rings. The highest BCUT2D eigenvalue weighted by Crippen LogP contribution is 2.36. The number of allylic oxidation sites excluding steroid dienone is 4. The first-order valence-corrected chi connectivity index (χ1v) is 7.40. The van der Waals surface area contributed by atoms with Crippen LogP contribution in [0.2, 0.25) is 0 Å². The molecule has 0 aliphatic rings. The van der Waals surface area contributed by atoms with Gasteiger partial charge in [0.1, 0.15) is 0 Å². The van der Waals surface area contributed by atoms with Crippen molar-refractivity contribution in [1.29, 1.82) is 0 Å². The number of hydrogen-bond acceptors (Lipinski definition) is 1. The highest BCUT2D eigenvalue weighted by molar-refractivity contribution is 5.12. The molecule has 0 heterocycles. The highest BCUT2D eigenvalue weighted by atomic mass is 16.3. The molecule has 1 atom stereocenters. The average Bonchev–Trinajstić information content (AvgIpc) is 2.25. The summed E-state index contributed by atoms with van der Waals surface area (Å²) in [6.45, 7) is 19.6. The van der Waals surface area contributed by atoms with E-state index in [0.717, 1.165) is 11.2 Å². The molecule has 20 heavy (non-hydrogen) atoms. The van der Waals surface area contributed by atoms with Crippen LogP contribution in [0, 0.1) is 21.7 Å². The van der Waals surface area contributed by atoms with Gasteiger partial charge in [-0.15, -0.1) is 0 Å². The van der Waals surface area contributed by atoms with Gasteiger partial charge in [0, 0.05) is 21.7 Å². The van der Waals surface area contributed by atoms with E-state index >= 15 is 0 Å². The minimum absolute atomic E-state index is 0.114. The highest BCUT2D eigenvalue weighted by Gasteiger charge is 2.34. The molecule has 0 radical (unpaired) electrons. The number of nitrogens with zero attached hydrogens (tertiary/aromatic N) is 1. The predicted octanol–water partition coefficient (Wildman–Crippen LogP) is 5.51. The Hall–Kier alpha value is -1.18. The zero-order chi connectivity index (χ0) is 16.0. The first kappa shape index (κ1) is 18.8. The second-order valence-electron chi connectivity index (χ2n) is 7.77. The lowest BCUT2D eigenvalue weighted by molar-refractivity contribution is -0.505. The lowest BCUT2D eigenvalue weighted by Gasteiger charge is -2.32. The first-order valence-electron chi connectivity index (χ1n) is 7.40. The third-order valence-corrected chi connectivity index (χ3v) is 3.38. The Bertz CT molecular complexity index is 389. The van der Waals surface area contributed by atoms with Crippen molar-refractivity contribution in [2.75, 3.05) is 6.54 Å². The van der Waals surface area contributed by atoms with Crippen molar-refractivity contribution in [3.8, 4) is 0 Å². The van der Waals surface area contributed by atoms with Gasteiger partial charge in [-0.05, 0) is 30.8 Å². The van der Waals surface area contributed by atoms with E-state index in [0.29, 0.717) is 18.2 Å². The van der Waals surface area contributed by atoms with E-state index in [4.69, 9.17) is 0 Å². The van der Waals surface area contributed by atoms with Crippen molar-refractivity contribution >= 4 is 0 Å². The maximum Gasteiger partial charge on any atom is 0.248 e. The summed E-state index contributed by atoms with van der Waals surface area (Å²) in [4.78, 5) is 12.2. The van der Waals surface area contributed by atoms with Crippen molar-refractivity contribution in [3.63, 3.8) is 0 Å². The summed E-state index contributed by atoms with van der Waals surface area (Å²) in [6, 6.07) is 0. The minimum Gasteiger partial charge on any atom is -0.0877 e. The normalized spacial score (nSPS) is 14.9. The molecule has 2 nitrogen and oxygen atoms in total. The molecule has 2 heteroatoms. The molecule has 0 aliphatic carbocycles. The topological polar surface area (TPSA) is 20.1 Å². The largest absolute Gasteiger partial charge is 0.248 e. The smallest absolute Gasteiger partial charge is 0.0877 e. The Labute approximate surface area is 125 Å². The zero-order valence-corrected chi connectivity index (χ0v) is 14.4. The molecule has 0 bridgehead atoms. The lowest BCUT2D eigenvalue weighted by Crippen LogP contribution is -2.32. The first-order chi connectivity index (χ1) is 8.97. The molecule has 114 valence electrons. The zero-order valence-electron chi connectivity index (χ0n) is 14.4. The van der Waals surface area contributed by atoms with Gasteiger partial charge in [-0.25, -0.2) is 0 Å². The maximum atomic E-state index is 12.2. The molecule has 0 amide bonds.